The molecular formula is C13H19NO3. The Morgan fingerprint density at radius 2 is 1.88 bits per heavy atom. The number of phenolic OH excluding ortho intramolecular Hbond substituents is 1. The molecule has 1 aromatic carbocycles. The lowest BCUT2D eigenvalue weighted by molar-refractivity contribution is -0.143. The summed E-state index contributed by atoms with van der Waals surface area (Å²) < 4.78 is 0. The SMILES string of the molecule is CCC(C(=O)O)N(C)C(C)c1ccc(O)cc1. The van der Waals surface area contributed by atoms with E-state index in [0.29, 0.717) is 6.42 Å². The molecule has 0 fully saturated rings. The van der Waals surface area contributed by atoms with Gasteiger partial charge >= 0.3 is 5.97 Å². The first-order valence-electron chi connectivity index (χ1n) is 5.71. The number of carboxylic acid groups (broad SMARTS) is 1. The minimum Gasteiger partial charge on any atom is -0.508 e. The molecular weight excluding hydrogens is 218 g/mol. The van der Waals surface area contributed by atoms with Crippen molar-refractivity contribution in [2.75, 3.05) is 7.05 Å². The standard InChI is InChI=1S/C13H19NO3/c1-4-12(13(16)17)14(3)9(2)10-5-7-11(15)8-6-10/h5-9,12,15H,4H2,1-3H3,(H,16,17). The van der Waals surface area contributed by atoms with Gasteiger partial charge in [-0.1, -0.05) is 19.1 Å². The Morgan fingerprint density at radius 3 is 2.29 bits per heavy atom. The number of likely N-dealkylation sites (N-methyl/N-ethyl adjacent to an activating group) is 1. The molecule has 0 aliphatic rings. The largest absolute Gasteiger partial charge is 0.508 e. The third-order valence-electron chi connectivity index (χ3n) is 3.15. The predicted octanol–water partition coefficient (Wildman–Crippen LogP) is 2.25. The molecule has 1 rings (SSSR count). The molecule has 0 saturated carbocycles. The molecule has 0 aliphatic carbocycles. The van der Waals surface area contributed by atoms with E-state index in [2.05, 4.69) is 0 Å². The van der Waals surface area contributed by atoms with Crippen molar-refractivity contribution in [3.05, 3.63) is 29.8 Å². The third-order valence-corrected chi connectivity index (χ3v) is 3.15. The summed E-state index contributed by atoms with van der Waals surface area (Å²) in [5.74, 6) is -0.588. The fourth-order valence-corrected chi connectivity index (χ4v) is 1.89. The summed E-state index contributed by atoms with van der Waals surface area (Å²) in [6.07, 6.45) is 0.564. The van der Waals surface area contributed by atoms with Crippen molar-refractivity contribution >= 4 is 5.97 Å². The van der Waals surface area contributed by atoms with Crippen LogP contribution in [0.4, 0.5) is 0 Å². The van der Waals surface area contributed by atoms with E-state index in [1.807, 2.05) is 30.9 Å². The van der Waals surface area contributed by atoms with Crippen LogP contribution in [0.1, 0.15) is 31.9 Å². The molecule has 0 amide bonds. The Kier molecular flexibility index (Phi) is 4.52. The van der Waals surface area contributed by atoms with E-state index in [9.17, 15) is 9.90 Å². The van der Waals surface area contributed by atoms with Gasteiger partial charge < -0.3 is 10.2 Å². The van der Waals surface area contributed by atoms with Crippen molar-refractivity contribution in [3.63, 3.8) is 0 Å². The topological polar surface area (TPSA) is 60.8 Å². The fourth-order valence-electron chi connectivity index (χ4n) is 1.89. The molecule has 0 radical (unpaired) electrons. The molecule has 4 heteroatoms. The second-order valence-corrected chi connectivity index (χ2v) is 4.20. The van der Waals surface area contributed by atoms with E-state index in [-0.39, 0.29) is 11.8 Å². The van der Waals surface area contributed by atoms with Gasteiger partial charge in [0.25, 0.3) is 0 Å². The Balaban J connectivity index is 2.84. The molecule has 0 heterocycles. The average molecular weight is 237 g/mol. The van der Waals surface area contributed by atoms with Crippen molar-refractivity contribution in [2.45, 2.75) is 32.4 Å². The molecule has 2 N–H and O–H groups in total. The van der Waals surface area contributed by atoms with E-state index in [1.54, 1.807) is 19.2 Å². The number of nitrogens with zero attached hydrogens (tertiary/aromatic N) is 1. The van der Waals surface area contributed by atoms with E-state index >= 15 is 0 Å². The summed E-state index contributed by atoms with van der Waals surface area (Å²) in [6, 6.07) is 6.36. The first-order chi connectivity index (χ1) is 7.97. The Morgan fingerprint density at radius 1 is 1.35 bits per heavy atom. The number of hydrogen-bond donors (Lipinski definition) is 2. The zero-order valence-corrected chi connectivity index (χ0v) is 10.4. The van der Waals surface area contributed by atoms with Crippen molar-refractivity contribution in [2.24, 2.45) is 0 Å². The van der Waals surface area contributed by atoms with Gasteiger partial charge in [-0.2, -0.15) is 0 Å². The smallest absolute Gasteiger partial charge is 0.320 e. The minimum atomic E-state index is -0.805. The summed E-state index contributed by atoms with van der Waals surface area (Å²) in [7, 11) is 1.81. The van der Waals surface area contributed by atoms with Crippen molar-refractivity contribution in [3.8, 4) is 5.75 Å². The second-order valence-electron chi connectivity index (χ2n) is 4.20. The number of hydrogen-bond acceptors (Lipinski definition) is 3. The highest BCUT2D eigenvalue weighted by atomic mass is 16.4. The first-order valence-corrected chi connectivity index (χ1v) is 5.71. The van der Waals surface area contributed by atoms with Crippen LogP contribution in [0.15, 0.2) is 24.3 Å². The van der Waals surface area contributed by atoms with Gasteiger partial charge in [0, 0.05) is 6.04 Å². The fraction of sp³-hybridized carbons (Fsp3) is 0.462. The van der Waals surface area contributed by atoms with E-state index in [0.717, 1.165) is 5.56 Å². The Labute approximate surface area is 101 Å². The summed E-state index contributed by atoms with van der Waals surface area (Å²) in [5.41, 5.74) is 0.991. The molecule has 94 valence electrons. The van der Waals surface area contributed by atoms with Gasteiger partial charge in [-0.05, 0) is 38.1 Å². The van der Waals surface area contributed by atoms with Crippen molar-refractivity contribution in [1.29, 1.82) is 0 Å². The van der Waals surface area contributed by atoms with Crippen LogP contribution in [-0.4, -0.2) is 34.2 Å². The maximum absolute atomic E-state index is 11.1. The van der Waals surface area contributed by atoms with Gasteiger partial charge in [-0.15, -0.1) is 0 Å². The van der Waals surface area contributed by atoms with E-state index < -0.39 is 12.0 Å². The van der Waals surface area contributed by atoms with Gasteiger partial charge in [-0.25, -0.2) is 0 Å². The molecule has 0 aromatic heterocycles. The third kappa shape index (κ3) is 3.20. The van der Waals surface area contributed by atoms with Gasteiger partial charge in [0.1, 0.15) is 11.8 Å². The Bertz CT molecular complexity index is 375. The summed E-state index contributed by atoms with van der Waals surface area (Å²) >= 11 is 0. The van der Waals surface area contributed by atoms with Gasteiger partial charge in [0.15, 0.2) is 0 Å². The number of benzene rings is 1. The van der Waals surface area contributed by atoms with Crippen LogP contribution >= 0.6 is 0 Å². The van der Waals surface area contributed by atoms with E-state index in [4.69, 9.17) is 5.11 Å². The number of carbonyl (C=O) groups is 1. The predicted molar refractivity (Wildman–Crippen MR) is 66.0 cm³/mol. The molecule has 17 heavy (non-hydrogen) atoms. The van der Waals surface area contributed by atoms with Crippen LogP contribution in [0, 0.1) is 0 Å². The van der Waals surface area contributed by atoms with Crippen molar-refractivity contribution < 1.29 is 15.0 Å². The van der Waals surface area contributed by atoms with E-state index in [1.165, 1.54) is 0 Å². The number of rotatable bonds is 5. The van der Waals surface area contributed by atoms with Crippen molar-refractivity contribution in [1.82, 2.24) is 4.90 Å². The summed E-state index contributed by atoms with van der Waals surface area (Å²) in [4.78, 5) is 12.9. The number of carboxylic acids is 1. The van der Waals surface area contributed by atoms with Crippen LogP contribution in [0.3, 0.4) is 0 Å². The highest BCUT2D eigenvalue weighted by Gasteiger charge is 2.25. The normalized spacial score (nSPS) is 14.6. The lowest BCUT2D eigenvalue weighted by Crippen LogP contribution is -2.39. The van der Waals surface area contributed by atoms with Crippen LogP contribution in [0.5, 0.6) is 5.75 Å². The number of phenols is 1. The molecule has 0 bridgehead atoms. The summed E-state index contributed by atoms with van der Waals surface area (Å²) in [5, 5.41) is 18.3. The second kappa shape index (κ2) is 5.68. The highest BCUT2D eigenvalue weighted by Crippen LogP contribution is 2.23. The number of aromatic hydroxyl groups is 1. The molecule has 2 atom stereocenters. The van der Waals surface area contributed by atoms with Crippen LogP contribution in [0.25, 0.3) is 0 Å². The molecule has 0 spiro atoms. The zero-order chi connectivity index (χ0) is 13.0. The quantitative estimate of drug-likeness (QED) is 0.824. The Hall–Kier alpha value is -1.55. The van der Waals surface area contributed by atoms with Gasteiger partial charge in [0.05, 0.1) is 0 Å². The molecule has 1 aromatic rings. The minimum absolute atomic E-state index is 0.00310. The van der Waals surface area contributed by atoms with Gasteiger partial charge in [0.2, 0.25) is 0 Å². The van der Waals surface area contributed by atoms with Crippen LogP contribution in [0.2, 0.25) is 0 Å². The molecule has 2 unspecified atom stereocenters. The highest BCUT2D eigenvalue weighted by molar-refractivity contribution is 5.73. The monoisotopic (exact) mass is 237 g/mol. The van der Waals surface area contributed by atoms with Crippen LogP contribution < -0.4 is 0 Å². The van der Waals surface area contributed by atoms with Gasteiger partial charge in [-0.3, -0.25) is 9.69 Å². The number of aliphatic carboxylic acids is 1. The lowest BCUT2D eigenvalue weighted by atomic mass is 10.0. The molecule has 0 saturated heterocycles. The first kappa shape index (κ1) is 13.5. The maximum Gasteiger partial charge on any atom is 0.320 e. The summed E-state index contributed by atoms with van der Waals surface area (Å²) in [6.45, 7) is 3.82. The van der Waals surface area contributed by atoms with Crippen LogP contribution in [-0.2, 0) is 4.79 Å². The maximum atomic E-state index is 11.1. The average Bonchev–Trinajstić information content (AvgIpc) is 2.29. The molecule has 0 aliphatic heterocycles. The lowest BCUT2D eigenvalue weighted by Gasteiger charge is -2.30. The zero-order valence-electron chi connectivity index (χ0n) is 10.4. The molecule has 4 nitrogen and oxygen atoms in total.